The standard InChI is InChI=1S/C7H13FO4/c1-3-5(9)6(11-2)4(8)7(10)12-3/h3-7,9-10H,1-2H3/t3-,4+,5+,6-,7+/m0/s1. The van der Waals surface area contributed by atoms with Crippen molar-refractivity contribution in [3.63, 3.8) is 0 Å². The minimum Gasteiger partial charge on any atom is -0.388 e. The molecule has 1 heterocycles. The topological polar surface area (TPSA) is 58.9 Å². The molecule has 0 unspecified atom stereocenters. The van der Waals surface area contributed by atoms with Crippen molar-refractivity contribution >= 4 is 0 Å². The van der Waals surface area contributed by atoms with Gasteiger partial charge in [0.2, 0.25) is 0 Å². The Hall–Kier alpha value is -0.230. The Morgan fingerprint density at radius 3 is 2.50 bits per heavy atom. The molecule has 12 heavy (non-hydrogen) atoms. The molecule has 72 valence electrons. The zero-order valence-corrected chi connectivity index (χ0v) is 6.98. The number of alkyl halides is 1. The molecule has 0 amide bonds. The zero-order valence-electron chi connectivity index (χ0n) is 6.98. The summed E-state index contributed by atoms with van der Waals surface area (Å²) in [5.74, 6) is 0. The van der Waals surface area contributed by atoms with Gasteiger partial charge in [0, 0.05) is 7.11 Å². The van der Waals surface area contributed by atoms with Gasteiger partial charge in [-0.3, -0.25) is 0 Å². The molecule has 0 radical (unpaired) electrons. The molecule has 1 rings (SSSR count). The van der Waals surface area contributed by atoms with Crippen molar-refractivity contribution in [1.82, 2.24) is 0 Å². The van der Waals surface area contributed by atoms with E-state index >= 15 is 0 Å². The second kappa shape index (κ2) is 3.66. The Kier molecular flexibility index (Phi) is 3.00. The van der Waals surface area contributed by atoms with Gasteiger partial charge in [-0.05, 0) is 6.92 Å². The van der Waals surface area contributed by atoms with E-state index in [1.165, 1.54) is 7.11 Å². The van der Waals surface area contributed by atoms with Crippen molar-refractivity contribution in [1.29, 1.82) is 0 Å². The van der Waals surface area contributed by atoms with Gasteiger partial charge in [-0.2, -0.15) is 0 Å². The summed E-state index contributed by atoms with van der Waals surface area (Å²) in [6, 6.07) is 0. The van der Waals surface area contributed by atoms with Crippen molar-refractivity contribution in [2.75, 3.05) is 7.11 Å². The predicted octanol–water partition coefficient (Wildman–Crippen LogP) is -0.563. The molecule has 0 spiro atoms. The third-order valence-electron chi connectivity index (χ3n) is 2.03. The highest BCUT2D eigenvalue weighted by Crippen LogP contribution is 2.23. The van der Waals surface area contributed by atoms with E-state index in [0.717, 1.165) is 0 Å². The van der Waals surface area contributed by atoms with Crippen LogP contribution in [0.25, 0.3) is 0 Å². The number of hydrogen-bond donors (Lipinski definition) is 2. The molecule has 0 aromatic rings. The lowest BCUT2D eigenvalue weighted by molar-refractivity contribution is -0.265. The van der Waals surface area contributed by atoms with Gasteiger partial charge in [0.15, 0.2) is 12.5 Å². The molecule has 5 heteroatoms. The lowest BCUT2D eigenvalue weighted by Crippen LogP contribution is -2.55. The summed E-state index contributed by atoms with van der Waals surface area (Å²) >= 11 is 0. The van der Waals surface area contributed by atoms with Crippen LogP contribution in [0, 0.1) is 0 Å². The van der Waals surface area contributed by atoms with Crippen molar-refractivity contribution in [3.05, 3.63) is 0 Å². The molecule has 0 aliphatic carbocycles. The molecule has 1 saturated heterocycles. The Bertz CT molecular complexity index is 140. The first-order valence-electron chi connectivity index (χ1n) is 3.76. The Balaban J connectivity index is 2.67. The third kappa shape index (κ3) is 1.59. The fraction of sp³-hybridized carbons (Fsp3) is 1.00. The van der Waals surface area contributed by atoms with Gasteiger partial charge in [-0.1, -0.05) is 0 Å². The molecule has 4 nitrogen and oxygen atoms in total. The van der Waals surface area contributed by atoms with E-state index in [1.807, 2.05) is 0 Å². The largest absolute Gasteiger partial charge is 0.388 e. The minimum absolute atomic E-state index is 0.614. The van der Waals surface area contributed by atoms with Gasteiger partial charge in [0.05, 0.1) is 6.10 Å². The van der Waals surface area contributed by atoms with E-state index in [4.69, 9.17) is 14.6 Å². The molecule has 2 N–H and O–H groups in total. The van der Waals surface area contributed by atoms with E-state index in [-0.39, 0.29) is 0 Å². The molecule has 1 aliphatic heterocycles. The number of ether oxygens (including phenoxy) is 2. The second-order valence-corrected chi connectivity index (χ2v) is 2.87. The van der Waals surface area contributed by atoms with Crippen LogP contribution in [0.15, 0.2) is 0 Å². The van der Waals surface area contributed by atoms with Crippen LogP contribution in [0.1, 0.15) is 6.92 Å². The van der Waals surface area contributed by atoms with Crippen LogP contribution < -0.4 is 0 Å². The first kappa shape index (κ1) is 9.85. The van der Waals surface area contributed by atoms with Crippen molar-refractivity contribution in [2.24, 2.45) is 0 Å². The van der Waals surface area contributed by atoms with Crippen LogP contribution >= 0.6 is 0 Å². The SMILES string of the molecule is CO[C@@H]1[C@H](O)[C@H](C)O[C@@H](O)[C@@H]1F. The normalized spacial score (nSPS) is 49.2. The number of rotatable bonds is 1. The lowest BCUT2D eigenvalue weighted by atomic mass is 10.0. The van der Waals surface area contributed by atoms with Crippen LogP contribution in [-0.4, -0.2) is 48.1 Å². The van der Waals surface area contributed by atoms with Crippen LogP contribution in [0.4, 0.5) is 4.39 Å². The Morgan fingerprint density at radius 2 is 2.00 bits per heavy atom. The van der Waals surface area contributed by atoms with Gasteiger partial charge >= 0.3 is 0 Å². The summed E-state index contributed by atoms with van der Waals surface area (Å²) in [5.41, 5.74) is 0. The minimum atomic E-state index is -1.69. The Morgan fingerprint density at radius 1 is 1.42 bits per heavy atom. The number of aliphatic hydroxyl groups is 2. The maximum absolute atomic E-state index is 13.0. The summed E-state index contributed by atoms with van der Waals surface area (Å²) in [7, 11) is 1.28. The monoisotopic (exact) mass is 180 g/mol. The molecule has 0 bridgehead atoms. The van der Waals surface area contributed by atoms with E-state index < -0.39 is 30.8 Å². The molecule has 5 atom stereocenters. The summed E-state index contributed by atoms with van der Waals surface area (Å²) in [4.78, 5) is 0. The molecule has 0 aromatic heterocycles. The van der Waals surface area contributed by atoms with E-state index in [9.17, 15) is 9.50 Å². The highest BCUT2D eigenvalue weighted by Gasteiger charge is 2.43. The number of halogens is 1. The van der Waals surface area contributed by atoms with Gasteiger partial charge in [-0.25, -0.2) is 4.39 Å². The zero-order chi connectivity index (χ0) is 9.30. The maximum atomic E-state index is 13.0. The first-order valence-corrected chi connectivity index (χ1v) is 3.76. The van der Waals surface area contributed by atoms with Gasteiger partial charge < -0.3 is 19.7 Å². The average Bonchev–Trinajstić information content (AvgIpc) is 2.02. The summed E-state index contributed by atoms with van der Waals surface area (Å²) in [6.45, 7) is 1.55. The van der Waals surface area contributed by atoms with E-state index in [0.29, 0.717) is 0 Å². The smallest absolute Gasteiger partial charge is 0.189 e. The number of aliphatic hydroxyl groups excluding tert-OH is 2. The van der Waals surface area contributed by atoms with E-state index in [2.05, 4.69) is 0 Å². The molecular weight excluding hydrogens is 167 g/mol. The molecule has 1 aliphatic rings. The molecule has 1 fully saturated rings. The molecule has 0 aromatic carbocycles. The molecular formula is C7H13FO4. The predicted molar refractivity (Wildman–Crippen MR) is 38.3 cm³/mol. The summed E-state index contributed by atoms with van der Waals surface area (Å²) in [5, 5.41) is 18.3. The quantitative estimate of drug-likeness (QED) is 0.567. The number of hydrogen-bond acceptors (Lipinski definition) is 4. The Labute approximate surface area is 69.9 Å². The third-order valence-corrected chi connectivity index (χ3v) is 2.03. The fourth-order valence-electron chi connectivity index (χ4n) is 1.26. The second-order valence-electron chi connectivity index (χ2n) is 2.87. The lowest BCUT2D eigenvalue weighted by Gasteiger charge is -2.37. The average molecular weight is 180 g/mol. The molecule has 0 saturated carbocycles. The van der Waals surface area contributed by atoms with Crippen LogP contribution in [-0.2, 0) is 9.47 Å². The van der Waals surface area contributed by atoms with Crippen molar-refractivity contribution in [2.45, 2.75) is 37.7 Å². The van der Waals surface area contributed by atoms with Gasteiger partial charge in [0.1, 0.15) is 12.2 Å². The first-order chi connectivity index (χ1) is 5.57. The van der Waals surface area contributed by atoms with Crippen LogP contribution in [0.3, 0.4) is 0 Å². The summed E-state index contributed by atoms with van der Waals surface area (Å²) < 4.78 is 22.4. The highest BCUT2D eigenvalue weighted by molar-refractivity contribution is 4.87. The number of methoxy groups -OCH3 is 1. The van der Waals surface area contributed by atoms with Gasteiger partial charge in [-0.15, -0.1) is 0 Å². The summed E-state index contributed by atoms with van der Waals surface area (Å²) in [6.07, 6.45) is -5.86. The van der Waals surface area contributed by atoms with E-state index in [1.54, 1.807) is 6.92 Å². The van der Waals surface area contributed by atoms with Crippen molar-refractivity contribution < 1.29 is 24.1 Å². The van der Waals surface area contributed by atoms with Crippen LogP contribution in [0.2, 0.25) is 0 Å². The highest BCUT2D eigenvalue weighted by atomic mass is 19.1. The van der Waals surface area contributed by atoms with Crippen LogP contribution in [0.5, 0.6) is 0 Å². The fourth-order valence-corrected chi connectivity index (χ4v) is 1.26. The van der Waals surface area contributed by atoms with Gasteiger partial charge in [0.25, 0.3) is 0 Å². The maximum Gasteiger partial charge on any atom is 0.189 e. The van der Waals surface area contributed by atoms with Crippen molar-refractivity contribution in [3.8, 4) is 0 Å².